The van der Waals surface area contributed by atoms with Gasteiger partial charge in [-0.15, -0.1) is 0 Å². The van der Waals surface area contributed by atoms with Crippen LogP contribution in [0.15, 0.2) is 60.9 Å². The first kappa shape index (κ1) is 26.0. The van der Waals surface area contributed by atoms with Crippen LogP contribution in [0.1, 0.15) is 38.7 Å². The van der Waals surface area contributed by atoms with E-state index in [1.807, 2.05) is 18.2 Å². The van der Waals surface area contributed by atoms with Crippen molar-refractivity contribution in [3.63, 3.8) is 0 Å². The molecule has 2 aromatic rings. The highest BCUT2D eigenvalue weighted by molar-refractivity contribution is 6.30. The van der Waals surface area contributed by atoms with Crippen molar-refractivity contribution in [3.05, 3.63) is 71.5 Å². The fraction of sp³-hybridized carbons (Fsp3) is 0.467. The number of hydrogen-bond acceptors (Lipinski definition) is 5. The van der Waals surface area contributed by atoms with Gasteiger partial charge in [0.15, 0.2) is 0 Å². The van der Waals surface area contributed by atoms with Gasteiger partial charge >= 0.3 is 0 Å². The Kier molecular flexibility index (Phi) is 6.71. The van der Waals surface area contributed by atoms with Crippen molar-refractivity contribution in [2.24, 2.45) is 23.7 Å². The summed E-state index contributed by atoms with van der Waals surface area (Å²) in [5.41, 5.74) is 0.178. The summed E-state index contributed by atoms with van der Waals surface area (Å²) in [5.74, 6) is -1.54. The minimum Gasteiger partial charge on any atom is -0.359 e. The largest absolute Gasteiger partial charge is 0.359 e. The number of amides is 3. The van der Waals surface area contributed by atoms with E-state index >= 15 is 0 Å². The van der Waals surface area contributed by atoms with Gasteiger partial charge in [-0.2, -0.15) is 0 Å². The molecular formula is C30H33ClN4O4. The summed E-state index contributed by atoms with van der Waals surface area (Å²) in [6.45, 7) is 4.60. The van der Waals surface area contributed by atoms with Crippen molar-refractivity contribution in [2.75, 3.05) is 5.32 Å². The molecule has 3 aliphatic heterocycles. The highest BCUT2D eigenvalue weighted by atomic mass is 35.5. The molecule has 0 unspecified atom stereocenters. The van der Waals surface area contributed by atoms with Crippen LogP contribution < -0.4 is 10.6 Å². The molecule has 204 valence electrons. The first-order valence-corrected chi connectivity index (χ1v) is 14.1. The van der Waals surface area contributed by atoms with Crippen molar-refractivity contribution in [2.45, 2.75) is 63.4 Å². The average Bonchev–Trinajstić information content (AvgIpc) is 3.56. The van der Waals surface area contributed by atoms with Gasteiger partial charge in [0.2, 0.25) is 17.7 Å². The van der Waals surface area contributed by atoms with Crippen LogP contribution >= 0.6 is 11.6 Å². The Morgan fingerprint density at radius 2 is 1.95 bits per heavy atom. The molecule has 39 heavy (non-hydrogen) atoms. The minimum absolute atomic E-state index is 0.0265. The van der Waals surface area contributed by atoms with Crippen LogP contribution in [0.3, 0.4) is 0 Å². The van der Waals surface area contributed by atoms with E-state index in [-0.39, 0.29) is 30.3 Å². The van der Waals surface area contributed by atoms with Gasteiger partial charge < -0.3 is 20.3 Å². The van der Waals surface area contributed by atoms with Gasteiger partial charge in [0, 0.05) is 35.7 Å². The minimum atomic E-state index is -1.21. The number of pyridine rings is 1. The fourth-order valence-electron chi connectivity index (χ4n) is 6.93. The molecule has 2 bridgehead atoms. The van der Waals surface area contributed by atoms with E-state index in [0.717, 1.165) is 24.8 Å². The van der Waals surface area contributed by atoms with Crippen LogP contribution in [-0.2, 0) is 25.7 Å². The van der Waals surface area contributed by atoms with Gasteiger partial charge in [0.25, 0.3) is 0 Å². The summed E-state index contributed by atoms with van der Waals surface area (Å²) in [6, 6.07) is 9.64. The van der Waals surface area contributed by atoms with Gasteiger partial charge in [-0.3, -0.25) is 19.4 Å². The molecule has 1 saturated carbocycles. The summed E-state index contributed by atoms with van der Waals surface area (Å²) in [4.78, 5) is 47.6. The van der Waals surface area contributed by atoms with E-state index in [0.29, 0.717) is 22.5 Å². The predicted octanol–water partition coefficient (Wildman–Crippen LogP) is 3.97. The quantitative estimate of drug-likeness (QED) is 0.532. The smallest absolute Gasteiger partial charge is 0.246 e. The Hall–Kier alpha value is -3.23. The molecule has 4 aliphatic rings. The van der Waals surface area contributed by atoms with Crippen LogP contribution in [0.5, 0.6) is 0 Å². The lowest BCUT2D eigenvalue weighted by molar-refractivity contribution is -0.142. The first-order valence-electron chi connectivity index (χ1n) is 13.7. The van der Waals surface area contributed by atoms with Crippen molar-refractivity contribution < 1.29 is 19.1 Å². The van der Waals surface area contributed by atoms with Crippen LogP contribution in [0.4, 0.5) is 5.69 Å². The van der Waals surface area contributed by atoms with Gasteiger partial charge in [0.05, 0.1) is 17.9 Å². The number of halogens is 1. The molecule has 2 N–H and O–H groups in total. The second kappa shape index (κ2) is 10.1. The monoisotopic (exact) mass is 548 g/mol. The second-order valence-electron chi connectivity index (χ2n) is 11.4. The number of carbonyl (C=O) groups is 3. The number of nitrogens with one attached hydrogen (secondary N) is 2. The van der Waals surface area contributed by atoms with E-state index in [9.17, 15) is 14.4 Å². The molecule has 6 rings (SSSR count). The molecule has 1 spiro atoms. The Morgan fingerprint density at radius 3 is 2.69 bits per heavy atom. The number of anilines is 1. The molecule has 9 heteroatoms. The highest BCUT2D eigenvalue weighted by Gasteiger charge is 2.72. The predicted molar refractivity (Wildman–Crippen MR) is 146 cm³/mol. The number of benzene rings is 1. The SMILES string of the molecule is C[C@H]1[C@H](C)CCC[C@@H]1NC(=O)[C@@H]1N(Cc2cccnc2)C(=O)[C@H]2[C@H](C(=O)Nc3ccc(Cl)cc3)[C@H]3C=C[C@@]12O3. The maximum atomic E-state index is 14.1. The maximum absolute atomic E-state index is 14.1. The first-order chi connectivity index (χ1) is 18.8. The maximum Gasteiger partial charge on any atom is 0.246 e. The zero-order chi connectivity index (χ0) is 27.3. The molecule has 8 atom stereocenters. The van der Waals surface area contributed by atoms with Crippen LogP contribution in [0.25, 0.3) is 0 Å². The van der Waals surface area contributed by atoms with Crippen LogP contribution in [0, 0.1) is 23.7 Å². The fourth-order valence-corrected chi connectivity index (χ4v) is 7.06. The summed E-state index contributed by atoms with van der Waals surface area (Å²) in [5, 5.41) is 6.76. The lowest BCUT2D eigenvalue weighted by atomic mass is 9.73. The number of likely N-dealkylation sites (tertiary alicyclic amines) is 1. The molecule has 1 aromatic carbocycles. The summed E-state index contributed by atoms with van der Waals surface area (Å²) < 4.78 is 6.45. The highest BCUT2D eigenvalue weighted by Crippen LogP contribution is 2.55. The number of ether oxygens (including phenoxy) is 1. The molecule has 8 nitrogen and oxygen atoms in total. The number of rotatable bonds is 6. The third-order valence-corrected chi connectivity index (χ3v) is 9.40. The van der Waals surface area contributed by atoms with Crippen molar-refractivity contribution in [3.8, 4) is 0 Å². The Morgan fingerprint density at radius 1 is 1.15 bits per heavy atom. The number of aromatic nitrogens is 1. The molecule has 1 aliphatic carbocycles. The van der Waals surface area contributed by atoms with Gasteiger partial charge in [-0.1, -0.05) is 56.5 Å². The Labute approximate surface area is 233 Å². The van der Waals surface area contributed by atoms with Gasteiger partial charge in [-0.05, 0) is 54.2 Å². The zero-order valence-electron chi connectivity index (χ0n) is 22.0. The van der Waals surface area contributed by atoms with E-state index in [2.05, 4.69) is 29.5 Å². The van der Waals surface area contributed by atoms with E-state index in [1.165, 1.54) is 0 Å². The lowest BCUT2D eigenvalue weighted by Gasteiger charge is -2.38. The molecular weight excluding hydrogens is 516 g/mol. The summed E-state index contributed by atoms with van der Waals surface area (Å²) in [7, 11) is 0. The van der Waals surface area contributed by atoms with Crippen LogP contribution in [0.2, 0.25) is 5.02 Å². The van der Waals surface area contributed by atoms with E-state index in [1.54, 1.807) is 47.6 Å². The van der Waals surface area contributed by atoms with Crippen molar-refractivity contribution in [1.29, 1.82) is 0 Å². The lowest BCUT2D eigenvalue weighted by Crippen LogP contribution is -2.57. The number of nitrogens with zero attached hydrogens (tertiary/aromatic N) is 2. The molecule has 0 radical (unpaired) electrons. The third kappa shape index (κ3) is 4.43. The van der Waals surface area contributed by atoms with Crippen molar-refractivity contribution in [1.82, 2.24) is 15.2 Å². The third-order valence-electron chi connectivity index (χ3n) is 9.15. The van der Waals surface area contributed by atoms with Crippen LogP contribution in [-0.4, -0.2) is 51.4 Å². The number of fused-ring (bicyclic) bond motifs is 1. The second-order valence-corrected chi connectivity index (χ2v) is 11.8. The van der Waals surface area contributed by atoms with E-state index < -0.39 is 29.6 Å². The number of carbonyl (C=O) groups excluding carboxylic acids is 3. The average molecular weight is 549 g/mol. The van der Waals surface area contributed by atoms with Gasteiger partial charge in [0.1, 0.15) is 11.6 Å². The molecule has 4 heterocycles. The standard InChI is InChI=1S/C30H33ClN4O4/c1-17-5-3-7-22(18(17)2)34-28(37)26-30-13-12-23(39-30)24(27(36)33-21-10-8-20(31)9-11-21)25(30)29(38)35(26)16-19-6-4-14-32-15-19/h4,6,8-15,17-18,22-26H,3,5,7,16H2,1-2H3,(H,33,36)(H,34,37)/t17-,18+,22+,23-,24-,25-,26+,30+/m1/s1. The Balaban J connectivity index is 1.32. The van der Waals surface area contributed by atoms with Crippen molar-refractivity contribution >= 4 is 35.0 Å². The molecule has 3 fully saturated rings. The summed E-state index contributed by atoms with van der Waals surface area (Å²) in [6.07, 6.45) is 9.55. The topological polar surface area (TPSA) is 101 Å². The summed E-state index contributed by atoms with van der Waals surface area (Å²) >= 11 is 6.00. The van der Waals surface area contributed by atoms with E-state index in [4.69, 9.17) is 16.3 Å². The molecule has 3 amide bonds. The Bertz CT molecular complexity index is 1300. The zero-order valence-corrected chi connectivity index (χ0v) is 22.8. The molecule has 2 saturated heterocycles. The number of hydrogen-bond donors (Lipinski definition) is 2. The normalized spacial score (nSPS) is 34.7. The molecule has 1 aromatic heterocycles. The van der Waals surface area contributed by atoms with Gasteiger partial charge in [-0.25, -0.2) is 0 Å².